The average molecular weight is 418 g/mol. The maximum absolute atomic E-state index is 0. The Bertz CT molecular complexity index is 12.5. The van der Waals surface area contributed by atoms with Crippen LogP contribution in [0.4, 0.5) is 0 Å². The van der Waals surface area contributed by atoms with Gasteiger partial charge in [0.05, 0.1) is 0 Å². The van der Waals surface area contributed by atoms with Crippen molar-refractivity contribution in [2.45, 2.75) is 0 Å². The van der Waals surface area contributed by atoms with Crippen molar-refractivity contribution >= 4 is 54.0 Å². The minimum Gasteiger partial charge on any atom is -0.197 e. The molecule has 0 bridgehead atoms. The first-order valence-corrected chi connectivity index (χ1v) is 0. The van der Waals surface area contributed by atoms with Crippen LogP contribution in [0, 0.1) is 0 Å². The molecule has 0 nitrogen and oxygen atoms in total. The fraction of sp³-hybridized carbons (Fsp3) is 0. The third-order valence-electron chi connectivity index (χ3n) is 0. The van der Waals surface area contributed by atoms with Gasteiger partial charge < -0.3 is 0 Å². The fourth-order valence-electron chi connectivity index (χ4n) is 0. The molecule has 0 spiro atoms. The van der Waals surface area contributed by atoms with E-state index >= 15 is 0 Å². The van der Waals surface area contributed by atoms with Gasteiger partial charge in [0.25, 0.3) is 0 Å². The van der Waals surface area contributed by atoms with E-state index in [1.165, 1.54) is 0 Å². The Balaban J connectivity index is 0. The molecule has 9 heavy (non-hydrogen) atoms. The summed E-state index contributed by atoms with van der Waals surface area (Å²) in [5.74, 6) is 0. The molecule has 0 aromatic heterocycles. The van der Waals surface area contributed by atoms with E-state index in [-0.39, 0.29) is 139 Å². The predicted molar refractivity (Wildman–Crippen MR) is 41.5 cm³/mol. The van der Waals surface area contributed by atoms with E-state index in [1.54, 1.807) is 0 Å². The van der Waals surface area contributed by atoms with Gasteiger partial charge in [-0.1, -0.05) is 0 Å². The smallest absolute Gasteiger partial charge is 0 e. The van der Waals surface area contributed by atoms with Crippen LogP contribution < -0.4 is 0 Å². The minimum absolute atomic E-state index is 0. The number of rotatable bonds is 0. The van der Waals surface area contributed by atoms with Crippen molar-refractivity contribution in [3.8, 4) is 0 Å². The molecule has 0 N–H and O–H groups in total. The number of hydrogen-bond acceptors (Lipinski definition) is 0. The Hall–Kier alpha value is 3.97. The molecule has 0 unspecified atom stereocenters. The van der Waals surface area contributed by atoms with Gasteiger partial charge in [0.1, 0.15) is 0 Å². The van der Waals surface area contributed by atoms with Crippen LogP contribution in [0.3, 0.4) is 0 Å². The van der Waals surface area contributed by atoms with Crippen LogP contribution in [-0.4, -0.2) is 0 Å². The van der Waals surface area contributed by atoms with Gasteiger partial charge in [-0.2, -0.15) is 54.0 Å². The Morgan fingerprint density at radius 3 is 0.333 bits per heavy atom. The standard InChI is InChI=1S/4Fe.Ni.4H2S/h;;;;;4*1H2. The Morgan fingerprint density at radius 2 is 0.333 bits per heavy atom. The zero-order valence-electron chi connectivity index (χ0n) is 3.73. The third-order valence-corrected chi connectivity index (χ3v) is 0. The molecular weight excluding hydrogens is 410 g/mol. The van der Waals surface area contributed by atoms with E-state index < -0.39 is 0 Å². The van der Waals surface area contributed by atoms with Gasteiger partial charge >= 0.3 is 0 Å². The van der Waals surface area contributed by atoms with Crippen molar-refractivity contribution in [2.24, 2.45) is 0 Å². The normalized spacial score (nSPS) is 0. The molecule has 0 aliphatic heterocycles. The molecule has 0 aliphatic rings. The summed E-state index contributed by atoms with van der Waals surface area (Å²) >= 11 is 0. The molecule has 0 radical (unpaired) electrons. The van der Waals surface area contributed by atoms with Gasteiger partial charge in [-0.15, -0.1) is 0 Å². The molecule has 0 heterocycles. The van der Waals surface area contributed by atoms with Gasteiger partial charge in [0, 0.05) is 84.8 Å². The molecule has 74 valence electrons. The average Bonchev–Trinajstić information content (AvgIpc) is 0. The molecule has 0 aromatic carbocycles. The summed E-state index contributed by atoms with van der Waals surface area (Å²) in [4.78, 5) is 0. The van der Waals surface area contributed by atoms with Gasteiger partial charge in [0.15, 0.2) is 0 Å². The Kier molecular flexibility index (Phi) is 1200. The van der Waals surface area contributed by atoms with Crippen LogP contribution in [0.1, 0.15) is 0 Å². The first-order valence-electron chi connectivity index (χ1n) is 0. The van der Waals surface area contributed by atoms with Crippen molar-refractivity contribution in [3.63, 3.8) is 0 Å². The zero-order valence-corrected chi connectivity index (χ0v) is 13.1. The first-order chi connectivity index (χ1) is 0. The van der Waals surface area contributed by atoms with Gasteiger partial charge in [-0.25, -0.2) is 0 Å². The molecule has 0 aliphatic carbocycles. The first kappa shape index (κ1) is 118. The summed E-state index contributed by atoms with van der Waals surface area (Å²) < 4.78 is 0. The maximum atomic E-state index is 0. The summed E-state index contributed by atoms with van der Waals surface area (Å²) in [6.45, 7) is 0. The molecular formula is H8Fe4NiS4. The van der Waals surface area contributed by atoms with Crippen molar-refractivity contribution in [2.75, 3.05) is 0 Å². The molecule has 0 aromatic rings. The topological polar surface area (TPSA) is 0 Å². The molecule has 0 saturated heterocycles. The maximum Gasteiger partial charge on any atom is 0 e. The number of hydrogen-bond donors (Lipinski definition) is 0. The van der Waals surface area contributed by atoms with E-state index in [0.29, 0.717) is 0 Å². The Labute approximate surface area is 137 Å². The van der Waals surface area contributed by atoms with Gasteiger partial charge in [0.2, 0.25) is 0 Å². The van der Waals surface area contributed by atoms with Crippen LogP contribution in [0.5, 0.6) is 0 Å². The Morgan fingerprint density at radius 1 is 0.333 bits per heavy atom. The van der Waals surface area contributed by atoms with Crippen molar-refractivity contribution in [3.05, 3.63) is 0 Å². The van der Waals surface area contributed by atoms with Crippen molar-refractivity contribution in [1.82, 2.24) is 0 Å². The second-order valence-electron chi connectivity index (χ2n) is 0. The van der Waals surface area contributed by atoms with E-state index in [1.807, 2.05) is 0 Å². The molecule has 0 saturated carbocycles. The second-order valence-corrected chi connectivity index (χ2v) is 0. The largest absolute Gasteiger partial charge is 0.197 e. The van der Waals surface area contributed by atoms with E-state index in [9.17, 15) is 0 Å². The van der Waals surface area contributed by atoms with Crippen LogP contribution in [0.25, 0.3) is 0 Å². The monoisotopic (exact) mass is 418 g/mol. The van der Waals surface area contributed by atoms with Crippen LogP contribution >= 0.6 is 54.0 Å². The van der Waals surface area contributed by atoms with Gasteiger partial charge in [-0.05, 0) is 0 Å². The van der Waals surface area contributed by atoms with Crippen molar-refractivity contribution in [1.29, 1.82) is 0 Å². The van der Waals surface area contributed by atoms with Crippen LogP contribution in [-0.2, 0) is 84.8 Å². The predicted octanol–water partition coefficient (Wildman–Crippen LogP) is 0.439. The summed E-state index contributed by atoms with van der Waals surface area (Å²) in [5, 5.41) is 0. The van der Waals surface area contributed by atoms with Crippen LogP contribution in [0.15, 0.2) is 0 Å². The molecule has 0 rings (SSSR count). The summed E-state index contributed by atoms with van der Waals surface area (Å²) in [5.41, 5.74) is 0. The molecule has 9 heteroatoms. The third kappa shape index (κ3) is 75.5. The fourth-order valence-corrected chi connectivity index (χ4v) is 0. The SMILES string of the molecule is S.S.S.S.[Fe].[Fe].[Fe].[Fe].[Ni]. The van der Waals surface area contributed by atoms with Gasteiger partial charge in [-0.3, -0.25) is 0 Å². The second kappa shape index (κ2) is 91.4. The van der Waals surface area contributed by atoms with E-state index in [0.717, 1.165) is 0 Å². The summed E-state index contributed by atoms with van der Waals surface area (Å²) in [6.07, 6.45) is 0. The van der Waals surface area contributed by atoms with Crippen LogP contribution in [0.2, 0.25) is 0 Å². The summed E-state index contributed by atoms with van der Waals surface area (Å²) in [6, 6.07) is 0. The molecule has 0 fully saturated rings. The van der Waals surface area contributed by atoms with E-state index in [4.69, 9.17) is 0 Å². The zero-order chi connectivity index (χ0) is 0. The summed E-state index contributed by atoms with van der Waals surface area (Å²) in [7, 11) is 0. The minimum atomic E-state index is 0. The van der Waals surface area contributed by atoms with E-state index in [2.05, 4.69) is 0 Å². The van der Waals surface area contributed by atoms with Crippen molar-refractivity contribution < 1.29 is 84.8 Å². The molecule has 0 amide bonds. The molecule has 0 atom stereocenters. The quantitative estimate of drug-likeness (QED) is 0.501.